The van der Waals surface area contributed by atoms with Gasteiger partial charge in [0.1, 0.15) is 0 Å². The maximum atomic E-state index is 13.3. The van der Waals surface area contributed by atoms with Gasteiger partial charge in [-0.25, -0.2) is 0 Å². The van der Waals surface area contributed by atoms with Crippen LogP contribution in [0.5, 0.6) is 0 Å². The van der Waals surface area contributed by atoms with Crippen molar-refractivity contribution < 1.29 is 14.4 Å². The molecule has 0 unspecified atom stereocenters. The van der Waals surface area contributed by atoms with Gasteiger partial charge in [-0.05, 0) is 42.2 Å². The lowest BCUT2D eigenvalue weighted by Crippen LogP contribution is -2.55. The van der Waals surface area contributed by atoms with Crippen LogP contribution in [0.1, 0.15) is 57.6 Å². The summed E-state index contributed by atoms with van der Waals surface area (Å²) in [5.74, 6) is -0.816. The van der Waals surface area contributed by atoms with E-state index in [2.05, 4.69) is 50.4 Å². The van der Waals surface area contributed by atoms with Gasteiger partial charge < -0.3 is 15.1 Å². The highest BCUT2D eigenvalue weighted by atomic mass is 16.2. The fourth-order valence-corrected chi connectivity index (χ4v) is 4.07. The minimum absolute atomic E-state index is 0.0912. The highest BCUT2D eigenvalue weighted by Crippen LogP contribution is 2.50. The van der Waals surface area contributed by atoms with E-state index in [1.807, 2.05) is 4.90 Å². The van der Waals surface area contributed by atoms with Crippen molar-refractivity contribution in [2.24, 2.45) is 0 Å². The smallest absolute Gasteiger partial charge is 0.312 e. The van der Waals surface area contributed by atoms with Crippen LogP contribution in [0, 0.1) is 0 Å². The summed E-state index contributed by atoms with van der Waals surface area (Å²) in [5.41, 5.74) is 2.05. The molecule has 0 atom stereocenters. The molecule has 1 aromatic rings. The quantitative estimate of drug-likeness (QED) is 0.793. The third kappa shape index (κ3) is 4.02. The summed E-state index contributed by atoms with van der Waals surface area (Å²) in [7, 11) is 0. The molecular weight excluding hydrogens is 366 g/mol. The number of piperazine rings is 1. The summed E-state index contributed by atoms with van der Waals surface area (Å²) < 4.78 is 0. The molecule has 156 valence electrons. The number of carbonyl (C=O) groups excluding carboxylic acids is 3. The Morgan fingerprint density at radius 1 is 0.931 bits per heavy atom. The number of nitrogens with zero attached hydrogens (tertiary/aromatic N) is 2. The second-order valence-electron chi connectivity index (χ2n) is 9.74. The number of nitrogens with one attached hydrogen (secondary N) is 1. The molecule has 29 heavy (non-hydrogen) atoms. The molecule has 0 spiro atoms. The van der Waals surface area contributed by atoms with Gasteiger partial charge in [0.15, 0.2) is 0 Å². The highest BCUT2D eigenvalue weighted by molar-refractivity contribution is 6.35. The number of carbonyl (C=O) groups is 3. The highest BCUT2D eigenvalue weighted by Gasteiger charge is 2.53. The predicted octanol–water partition coefficient (Wildman–Crippen LogP) is 1.97. The Balaban J connectivity index is 1.36. The first-order valence-electron chi connectivity index (χ1n) is 10.7. The number of hydrogen-bond acceptors (Lipinski definition) is 3. The lowest BCUT2D eigenvalue weighted by Gasteiger charge is -2.36. The van der Waals surface area contributed by atoms with Crippen LogP contribution in [0.4, 0.5) is 0 Å². The van der Waals surface area contributed by atoms with E-state index in [1.54, 1.807) is 4.90 Å². The lowest BCUT2D eigenvalue weighted by atomic mass is 9.84. The molecule has 4 rings (SSSR count). The molecular formula is C23H31N3O3. The monoisotopic (exact) mass is 397 g/mol. The molecule has 1 saturated heterocycles. The molecule has 3 amide bonds. The predicted molar refractivity (Wildman–Crippen MR) is 110 cm³/mol. The fourth-order valence-electron chi connectivity index (χ4n) is 4.07. The second-order valence-corrected chi connectivity index (χ2v) is 9.74. The average molecular weight is 398 g/mol. The number of benzene rings is 1. The molecule has 6 nitrogen and oxygen atoms in total. The Bertz CT molecular complexity index is 809. The zero-order chi connectivity index (χ0) is 20.8. The van der Waals surface area contributed by atoms with Crippen molar-refractivity contribution in [1.29, 1.82) is 0 Å². The molecule has 3 aliphatic rings. The Kier molecular flexibility index (Phi) is 4.91. The van der Waals surface area contributed by atoms with Crippen molar-refractivity contribution in [1.82, 2.24) is 15.1 Å². The average Bonchev–Trinajstić information content (AvgIpc) is 3.62. The molecule has 1 heterocycles. The van der Waals surface area contributed by atoms with Crippen LogP contribution in [0.15, 0.2) is 24.3 Å². The van der Waals surface area contributed by atoms with Crippen LogP contribution >= 0.6 is 0 Å². The molecule has 0 radical (unpaired) electrons. The third-order valence-electron chi connectivity index (χ3n) is 6.42. The van der Waals surface area contributed by atoms with Gasteiger partial charge in [0.2, 0.25) is 5.91 Å². The minimum atomic E-state index is -0.509. The summed E-state index contributed by atoms with van der Waals surface area (Å²) in [6, 6.07) is 8.66. The van der Waals surface area contributed by atoms with Crippen molar-refractivity contribution in [3.8, 4) is 0 Å². The van der Waals surface area contributed by atoms with Gasteiger partial charge in [-0.3, -0.25) is 14.4 Å². The van der Waals surface area contributed by atoms with Crippen molar-refractivity contribution in [2.45, 2.75) is 63.3 Å². The number of amides is 3. The van der Waals surface area contributed by atoms with Crippen LogP contribution in [0.2, 0.25) is 0 Å². The Hall–Kier alpha value is -2.37. The molecule has 2 aliphatic carbocycles. The Morgan fingerprint density at radius 3 is 1.97 bits per heavy atom. The van der Waals surface area contributed by atoms with E-state index in [0.717, 1.165) is 31.2 Å². The van der Waals surface area contributed by atoms with Crippen LogP contribution in [-0.4, -0.2) is 59.7 Å². The Morgan fingerprint density at radius 2 is 1.48 bits per heavy atom. The van der Waals surface area contributed by atoms with Crippen molar-refractivity contribution in [3.05, 3.63) is 35.4 Å². The van der Waals surface area contributed by atoms with Crippen LogP contribution < -0.4 is 5.32 Å². The van der Waals surface area contributed by atoms with Gasteiger partial charge in [-0.2, -0.15) is 0 Å². The standard InChI is InChI=1S/C23H31N3O3/c1-22(2,3)16-4-6-17(7-5-16)23(10-11-23)21(29)26-14-12-25(13-15-26)20(28)19(27)24-18-8-9-18/h4-7,18H,8-15H2,1-3H3,(H,24,27). The molecule has 1 N–H and O–H groups in total. The lowest BCUT2D eigenvalue weighted by molar-refractivity contribution is -0.148. The zero-order valence-corrected chi connectivity index (χ0v) is 17.7. The first kappa shape index (κ1) is 19.9. The van der Waals surface area contributed by atoms with Crippen LogP contribution in [0.25, 0.3) is 0 Å². The number of hydrogen-bond donors (Lipinski definition) is 1. The van der Waals surface area contributed by atoms with Gasteiger partial charge >= 0.3 is 11.8 Å². The van der Waals surface area contributed by atoms with E-state index in [4.69, 9.17) is 0 Å². The summed E-state index contributed by atoms with van der Waals surface area (Å²) in [5, 5.41) is 2.74. The van der Waals surface area contributed by atoms with E-state index >= 15 is 0 Å². The van der Waals surface area contributed by atoms with Crippen molar-refractivity contribution in [3.63, 3.8) is 0 Å². The topological polar surface area (TPSA) is 69.7 Å². The molecule has 0 aromatic heterocycles. The minimum Gasteiger partial charge on any atom is -0.345 e. The third-order valence-corrected chi connectivity index (χ3v) is 6.42. The van der Waals surface area contributed by atoms with E-state index in [0.29, 0.717) is 26.2 Å². The van der Waals surface area contributed by atoms with Crippen molar-refractivity contribution in [2.75, 3.05) is 26.2 Å². The number of rotatable bonds is 3. The van der Waals surface area contributed by atoms with Crippen molar-refractivity contribution >= 4 is 17.7 Å². The second kappa shape index (κ2) is 7.15. The first-order chi connectivity index (χ1) is 13.7. The molecule has 0 bridgehead atoms. The summed E-state index contributed by atoms with van der Waals surface area (Å²) >= 11 is 0. The summed E-state index contributed by atoms with van der Waals surface area (Å²) in [6.45, 7) is 8.37. The van der Waals surface area contributed by atoms with Gasteiger partial charge in [0.25, 0.3) is 0 Å². The van der Waals surface area contributed by atoms with E-state index < -0.39 is 17.2 Å². The van der Waals surface area contributed by atoms with Crippen LogP contribution in [-0.2, 0) is 25.2 Å². The summed E-state index contributed by atoms with van der Waals surface area (Å²) in [6.07, 6.45) is 3.67. The molecule has 6 heteroatoms. The molecule has 1 aromatic carbocycles. The first-order valence-corrected chi connectivity index (χ1v) is 10.7. The van der Waals surface area contributed by atoms with E-state index in [1.165, 1.54) is 5.56 Å². The largest absolute Gasteiger partial charge is 0.345 e. The SMILES string of the molecule is CC(C)(C)c1ccc(C2(C(=O)N3CCN(C(=O)C(=O)NC4CC4)CC3)CC2)cc1. The Labute approximate surface area is 172 Å². The van der Waals surface area contributed by atoms with Gasteiger partial charge in [-0.15, -0.1) is 0 Å². The zero-order valence-electron chi connectivity index (χ0n) is 17.7. The van der Waals surface area contributed by atoms with Gasteiger partial charge in [-0.1, -0.05) is 45.0 Å². The maximum absolute atomic E-state index is 13.3. The molecule has 3 fully saturated rings. The van der Waals surface area contributed by atoms with Gasteiger partial charge in [0.05, 0.1) is 5.41 Å². The normalized spacial score (nSPS) is 20.9. The maximum Gasteiger partial charge on any atom is 0.312 e. The molecule has 2 saturated carbocycles. The van der Waals surface area contributed by atoms with E-state index in [9.17, 15) is 14.4 Å². The summed E-state index contributed by atoms with van der Waals surface area (Å²) in [4.78, 5) is 41.0. The fraction of sp³-hybridized carbons (Fsp3) is 0.609. The van der Waals surface area contributed by atoms with Crippen LogP contribution in [0.3, 0.4) is 0 Å². The van der Waals surface area contributed by atoms with E-state index in [-0.39, 0.29) is 17.4 Å². The van der Waals surface area contributed by atoms with Gasteiger partial charge in [0, 0.05) is 32.2 Å². The molecule has 1 aliphatic heterocycles.